The minimum absolute atomic E-state index is 0.225. The average Bonchev–Trinajstić information content (AvgIpc) is 3.09. The molecule has 0 amide bonds. The zero-order valence-electron chi connectivity index (χ0n) is 12.5. The van der Waals surface area contributed by atoms with Crippen LogP contribution in [0.3, 0.4) is 0 Å². The highest BCUT2D eigenvalue weighted by Gasteiger charge is 2.16. The lowest BCUT2D eigenvalue weighted by Crippen LogP contribution is -2.14. The standard InChI is InChI=1S/C16H16N4O2S/c1-2-13-7-9-14(10-8-13)23(21,22)19-15-5-3-4-6-16(15)20-12-17-11-18-20/h3-12,19H,2H2,1H3. The van der Waals surface area contributed by atoms with E-state index in [1.54, 1.807) is 30.3 Å². The van der Waals surface area contributed by atoms with E-state index in [1.165, 1.54) is 17.3 Å². The van der Waals surface area contributed by atoms with Gasteiger partial charge in [0.25, 0.3) is 10.0 Å². The van der Waals surface area contributed by atoms with Crippen LogP contribution in [0.1, 0.15) is 12.5 Å². The highest BCUT2D eigenvalue weighted by Crippen LogP contribution is 2.22. The summed E-state index contributed by atoms with van der Waals surface area (Å²) in [5, 5.41) is 4.04. The van der Waals surface area contributed by atoms with E-state index in [1.807, 2.05) is 25.1 Å². The first-order valence-electron chi connectivity index (χ1n) is 7.16. The van der Waals surface area contributed by atoms with Crippen LogP contribution in [0.5, 0.6) is 0 Å². The molecule has 3 rings (SSSR count). The van der Waals surface area contributed by atoms with Crippen molar-refractivity contribution < 1.29 is 8.42 Å². The maximum atomic E-state index is 12.6. The summed E-state index contributed by atoms with van der Waals surface area (Å²) in [5.74, 6) is 0. The van der Waals surface area contributed by atoms with Crippen molar-refractivity contribution in [2.24, 2.45) is 0 Å². The highest BCUT2D eigenvalue weighted by molar-refractivity contribution is 7.92. The van der Waals surface area contributed by atoms with Gasteiger partial charge in [0, 0.05) is 0 Å². The number of rotatable bonds is 5. The van der Waals surface area contributed by atoms with Gasteiger partial charge in [0.15, 0.2) is 0 Å². The number of aromatic nitrogens is 3. The van der Waals surface area contributed by atoms with Gasteiger partial charge in [-0.1, -0.05) is 31.2 Å². The van der Waals surface area contributed by atoms with Gasteiger partial charge in [-0.2, -0.15) is 5.10 Å². The van der Waals surface area contributed by atoms with Gasteiger partial charge < -0.3 is 0 Å². The van der Waals surface area contributed by atoms with Crippen LogP contribution in [0.2, 0.25) is 0 Å². The molecule has 1 heterocycles. The van der Waals surface area contributed by atoms with Crippen LogP contribution < -0.4 is 4.72 Å². The van der Waals surface area contributed by atoms with Gasteiger partial charge in [-0.25, -0.2) is 18.1 Å². The first-order valence-corrected chi connectivity index (χ1v) is 8.64. The Bertz CT molecular complexity index is 888. The molecule has 0 atom stereocenters. The van der Waals surface area contributed by atoms with Crippen molar-refractivity contribution in [3.05, 3.63) is 66.7 Å². The molecule has 0 fully saturated rings. The number of hydrogen-bond donors (Lipinski definition) is 1. The number of anilines is 1. The van der Waals surface area contributed by atoms with E-state index < -0.39 is 10.0 Å². The molecule has 7 heteroatoms. The quantitative estimate of drug-likeness (QED) is 0.781. The van der Waals surface area contributed by atoms with Crippen LogP contribution in [0.4, 0.5) is 5.69 Å². The van der Waals surface area contributed by atoms with E-state index in [-0.39, 0.29) is 4.90 Å². The second-order valence-corrected chi connectivity index (χ2v) is 6.64. The number of aryl methyl sites for hydroxylation is 1. The summed E-state index contributed by atoms with van der Waals surface area (Å²) in [4.78, 5) is 4.11. The second-order valence-electron chi connectivity index (χ2n) is 4.96. The molecular formula is C16H16N4O2S. The van der Waals surface area contributed by atoms with Crippen LogP contribution in [-0.4, -0.2) is 23.2 Å². The summed E-state index contributed by atoms with van der Waals surface area (Å²) in [7, 11) is -3.66. The van der Waals surface area contributed by atoms with E-state index in [0.29, 0.717) is 11.4 Å². The lowest BCUT2D eigenvalue weighted by atomic mass is 10.2. The Hall–Kier alpha value is -2.67. The van der Waals surface area contributed by atoms with Crippen LogP contribution in [0.15, 0.2) is 66.1 Å². The van der Waals surface area contributed by atoms with E-state index >= 15 is 0 Å². The van der Waals surface area contributed by atoms with Gasteiger partial charge in [-0.05, 0) is 36.2 Å². The molecule has 0 saturated heterocycles. The molecule has 0 aliphatic carbocycles. The molecule has 2 aromatic carbocycles. The fourth-order valence-electron chi connectivity index (χ4n) is 2.20. The fraction of sp³-hybridized carbons (Fsp3) is 0.125. The van der Waals surface area contributed by atoms with Gasteiger partial charge in [0.2, 0.25) is 0 Å². The Morgan fingerprint density at radius 3 is 2.48 bits per heavy atom. The zero-order chi connectivity index (χ0) is 16.3. The molecule has 3 aromatic rings. The number of nitrogens with zero attached hydrogens (tertiary/aromatic N) is 3. The van der Waals surface area contributed by atoms with Crippen LogP contribution in [0, 0.1) is 0 Å². The number of nitrogens with one attached hydrogen (secondary N) is 1. The molecule has 0 spiro atoms. The molecule has 6 nitrogen and oxygen atoms in total. The van der Waals surface area contributed by atoms with Crippen molar-refractivity contribution in [1.82, 2.24) is 14.8 Å². The minimum atomic E-state index is -3.66. The lowest BCUT2D eigenvalue weighted by Gasteiger charge is -2.12. The number of benzene rings is 2. The van der Waals surface area contributed by atoms with Crippen LogP contribution in [-0.2, 0) is 16.4 Å². The monoisotopic (exact) mass is 328 g/mol. The summed E-state index contributed by atoms with van der Waals surface area (Å²) >= 11 is 0. The van der Waals surface area contributed by atoms with Crippen molar-refractivity contribution in [1.29, 1.82) is 0 Å². The van der Waals surface area contributed by atoms with E-state index in [0.717, 1.165) is 12.0 Å². The van der Waals surface area contributed by atoms with Crippen LogP contribution in [0.25, 0.3) is 5.69 Å². The molecule has 23 heavy (non-hydrogen) atoms. The third-order valence-corrected chi connectivity index (χ3v) is 4.84. The molecule has 0 radical (unpaired) electrons. The smallest absolute Gasteiger partial charge is 0.261 e. The summed E-state index contributed by atoms with van der Waals surface area (Å²) in [6, 6.07) is 13.9. The van der Waals surface area contributed by atoms with Gasteiger partial charge in [0.1, 0.15) is 12.7 Å². The summed E-state index contributed by atoms with van der Waals surface area (Å²) in [5.41, 5.74) is 2.14. The maximum Gasteiger partial charge on any atom is 0.261 e. The van der Waals surface area contributed by atoms with Gasteiger partial charge in [0.05, 0.1) is 16.3 Å². The lowest BCUT2D eigenvalue weighted by molar-refractivity contribution is 0.601. The van der Waals surface area contributed by atoms with E-state index in [9.17, 15) is 8.42 Å². The molecule has 0 aliphatic rings. The Labute approximate surface area is 134 Å². The zero-order valence-corrected chi connectivity index (χ0v) is 13.4. The Kier molecular flexibility index (Phi) is 4.12. The Morgan fingerprint density at radius 2 is 1.83 bits per heavy atom. The SMILES string of the molecule is CCc1ccc(S(=O)(=O)Nc2ccccc2-n2cncn2)cc1. The first-order chi connectivity index (χ1) is 11.1. The van der Waals surface area contributed by atoms with Crippen molar-refractivity contribution in [3.63, 3.8) is 0 Å². The topological polar surface area (TPSA) is 76.9 Å². The molecule has 118 valence electrons. The van der Waals surface area contributed by atoms with Crippen molar-refractivity contribution in [3.8, 4) is 5.69 Å². The van der Waals surface area contributed by atoms with Crippen molar-refractivity contribution in [2.45, 2.75) is 18.2 Å². The number of para-hydroxylation sites is 2. The number of sulfonamides is 1. The van der Waals surface area contributed by atoms with Gasteiger partial charge >= 0.3 is 0 Å². The summed E-state index contributed by atoms with van der Waals surface area (Å²) < 4.78 is 29.3. The summed E-state index contributed by atoms with van der Waals surface area (Å²) in [6.07, 6.45) is 3.78. The molecule has 0 bridgehead atoms. The minimum Gasteiger partial charge on any atom is -0.277 e. The van der Waals surface area contributed by atoms with Gasteiger partial charge in [-0.15, -0.1) is 0 Å². The van der Waals surface area contributed by atoms with Crippen molar-refractivity contribution >= 4 is 15.7 Å². The Balaban J connectivity index is 1.95. The third-order valence-electron chi connectivity index (χ3n) is 3.46. The highest BCUT2D eigenvalue weighted by atomic mass is 32.2. The first kappa shape index (κ1) is 15.2. The maximum absolute atomic E-state index is 12.6. The van der Waals surface area contributed by atoms with Crippen molar-refractivity contribution in [2.75, 3.05) is 4.72 Å². The number of hydrogen-bond acceptors (Lipinski definition) is 4. The Morgan fingerprint density at radius 1 is 1.09 bits per heavy atom. The largest absolute Gasteiger partial charge is 0.277 e. The molecule has 1 aromatic heterocycles. The molecule has 0 aliphatic heterocycles. The normalized spacial score (nSPS) is 11.3. The van der Waals surface area contributed by atoms with E-state index in [2.05, 4.69) is 14.8 Å². The van der Waals surface area contributed by atoms with E-state index in [4.69, 9.17) is 0 Å². The second kappa shape index (κ2) is 6.21. The van der Waals surface area contributed by atoms with Crippen LogP contribution >= 0.6 is 0 Å². The fourth-order valence-corrected chi connectivity index (χ4v) is 3.27. The predicted octanol–water partition coefficient (Wildman–Crippen LogP) is 2.63. The molecule has 0 saturated carbocycles. The predicted molar refractivity (Wildman–Crippen MR) is 88.0 cm³/mol. The third kappa shape index (κ3) is 3.24. The van der Waals surface area contributed by atoms with Gasteiger partial charge in [-0.3, -0.25) is 4.72 Å². The molecular weight excluding hydrogens is 312 g/mol. The molecule has 0 unspecified atom stereocenters. The average molecular weight is 328 g/mol. The summed E-state index contributed by atoms with van der Waals surface area (Å²) in [6.45, 7) is 2.02. The molecule has 1 N–H and O–H groups in total.